The number of primary amides is 1. The first-order chi connectivity index (χ1) is 14.1. The number of hydrogen-bond donors (Lipinski definition) is 3. The third-order valence-electron chi connectivity index (χ3n) is 5.43. The molecule has 0 aliphatic carbocycles. The highest BCUT2D eigenvalue weighted by atomic mass is 32.2. The minimum atomic E-state index is -3.05. The van der Waals surface area contributed by atoms with Crippen molar-refractivity contribution < 1.29 is 18.3 Å². The molecule has 0 saturated carbocycles. The largest absolute Gasteiger partial charge is 0.508 e. The van der Waals surface area contributed by atoms with Crippen molar-refractivity contribution in [3.63, 3.8) is 0 Å². The molecule has 11 heteroatoms. The van der Waals surface area contributed by atoms with E-state index in [1.165, 1.54) is 6.20 Å². The highest BCUT2D eigenvalue weighted by molar-refractivity contribution is 7.91. The lowest BCUT2D eigenvalue weighted by Gasteiger charge is -2.27. The zero-order valence-corrected chi connectivity index (χ0v) is 17.4. The number of sulfone groups is 1. The Labute approximate surface area is 173 Å². The molecule has 0 bridgehead atoms. The monoisotopic (exact) mass is 430 g/mol. The maximum atomic E-state index is 12.2. The number of benzene rings is 1. The molecular weight excluding hydrogens is 408 g/mol. The van der Waals surface area contributed by atoms with Crippen molar-refractivity contribution in [1.82, 2.24) is 14.5 Å². The number of aryl methyl sites for hydroxylation is 1. The summed E-state index contributed by atoms with van der Waals surface area (Å²) in [5.41, 5.74) is 14.5. The SMILES string of the molecule is Cc1ccc(O)c(C)c1-n1c(N)c(C(N)=O)c2nc(N3CCS(=O)(=O)CC3)cnc21. The van der Waals surface area contributed by atoms with Crippen molar-refractivity contribution in [1.29, 1.82) is 0 Å². The third kappa shape index (κ3) is 3.11. The zero-order chi connectivity index (χ0) is 21.8. The normalized spacial score (nSPS) is 16.1. The molecule has 158 valence electrons. The lowest BCUT2D eigenvalue weighted by Crippen LogP contribution is -2.40. The van der Waals surface area contributed by atoms with Crippen LogP contribution in [0.3, 0.4) is 0 Å². The van der Waals surface area contributed by atoms with Gasteiger partial charge in [0.15, 0.2) is 15.5 Å². The summed E-state index contributed by atoms with van der Waals surface area (Å²) in [6, 6.07) is 3.32. The lowest BCUT2D eigenvalue weighted by atomic mass is 10.1. The van der Waals surface area contributed by atoms with Gasteiger partial charge in [0.05, 0.1) is 23.4 Å². The van der Waals surface area contributed by atoms with Crippen molar-refractivity contribution in [2.75, 3.05) is 35.2 Å². The lowest BCUT2D eigenvalue weighted by molar-refractivity contribution is 0.100. The number of carbonyl (C=O) groups is 1. The number of nitrogens with two attached hydrogens (primary N) is 2. The second-order valence-electron chi connectivity index (χ2n) is 7.37. The number of hydrogen-bond acceptors (Lipinski definition) is 8. The first-order valence-corrected chi connectivity index (χ1v) is 11.1. The molecule has 0 atom stereocenters. The van der Waals surface area contributed by atoms with Crippen molar-refractivity contribution in [3.8, 4) is 11.4 Å². The van der Waals surface area contributed by atoms with E-state index in [4.69, 9.17) is 11.5 Å². The molecule has 5 N–H and O–H groups in total. The van der Waals surface area contributed by atoms with Gasteiger partial charge in [-0.2, -0.15) is 0 Å². The number of phenolic OH excluding ortho intramolecular Hbond substituents is 1. The molecule has 1 aromatic carbocycles. The summed E-state index contributed by atoms with van der Waals surface area (Å²) in [6.07, 6.45) is 1.52. The Morgan fingerprint density at radius 3 is 2.50 bits per heavy atom. The number of phenols is 1. The maximum Gasteiger partial charge on any atom is 0.254 e. The van der Waals surface area contributed by atoms with Crippen LogP contribution in [0.1, 0.15) is 21.5 Å². The molecule has 1 saturated heterocycles. The standard InChI is InChI=1S/C19H22N6O4S/c1-10-3-4-12(26)11(2)16(10)25-17(20)14(18(21)27)15-19(25)22-9-13(23-15)24-5-7-30(28,29)8-6-24/h3-4,9,26H,5-8,20H2,1-2H3,(H2,21,27). The second kappa shape index (κ2) is 6.87. The van der Waals surface area contributed by atoms with Gasteiger partial charge < -0.3 is 21.5 Å². The fourth-order valence-corrected chi connectivity index (χ4v) is 4.99. The molecule has 30 heavy (non-hydrogen) atoms. The summed E-state index contributed by atoms with van der Waals surface area (Å²) < 4.78 is 25.0. The van der Waals surface area contributed by atoms with E-state index in [0.717, 1.165) is 5.56 Å². The molecule has 1 fully saturated rings. The second-order valence-corrected chi connectivity index (χ2v) is 9.68. The van der Waals surface area contributed by atoms with Crippen LogP contribution >= 0.6 is 0 Å². The average molecular weight is 430 g/mol. The number of carbonyl (C=O) groups excluding carboxylic acids is 1. The van der Waals surface area contributed by atoms with Gasteiger partial charge in [-0.05, 0) is 25.5 Å². The van der Waals surface area contributed by atoms with E-state index < -0.39 is 15.7 Å². The number of fused-ring (bicyclic) bond motifs is 1. The average Bonchev–Trinajstić information content (AvgIpc) is 2.96. The van der Waals surface area contributed by atoms with E-state index in [1.54, 1.807) is 28.5 Å². The number of aromatic nitrogens is 3. The number of nitrogens with zero attached hydrogens (tertiary/aromatic N) is 4. The van der Waals surface area contributed by atoms with Gasteiger partial charge in [0.25, 0.3) is 5.91 Å². The van der Waals surface area contributed by atoms with E-state index >= 15 is 0 Å². The van der Waals surface area contributed by atoms with Crippen LogP contribution < -0.4 is 16.4 Å². The number of aromatic hydroxyl groups is 1. The van der Waals surface area contributed by atoms with Gasteiger partial charge in [-0.15, -0.1) is 0 Å². The van der Waals surface area contributed by atoms with Gasteiger partial charge in [-0.3, -0.25) is 9.36 Å². The van der Waals surface area contributed by atoms with Crippen LogP contribution in [0.5, 0.6) is 5.75 Å². The molecule has 1 aliphatic rings. The molecule has 1 amide bonds. The van der Waals surface area contributed by atoms with Gasteiger partial charge in [-0.25, -0.2) is 18.4 Å². The predicted molar refractivity (Wildman–Crippen MR) is 114 cm³/mol. The molecule has 3 heterocycles. The minimum Gasteiger partial charge on any atom is -0.508 e. The van der Waals surface area contributed by atoms with Gasteiger partial charge in [0.1, 0.15) is 28.5 Å². The van der Waals surface area contributed by atoms with E-state index in [-0.39, 0.29) is 47.2 Å². The Morgan fingerprint density at radius 2 is 1.87 bits per heavy atom. The van der Waals surface area contributed by atoms with Crippen LogP contribution in [0.15, 0.2) is 18.3 Å². The summed E-state index contributed by atoms with van der Waals surface area (Å²) in [5, 5.41) is 10.2. The van der Waals surface area contributed by atoms with Crippen molar-refractivity contribution in [2.45, 2.75) is 13.8 Å². The van der Waals surface area contributed by atoms with E-state index in [2.05, 4.69) is 9.97 Å². The van der Waals surface area contributed by atoms with Crippen molar-refractivity contribution in [3.05, 3.63) is 35.0 Å². The first-order valence-electron chi connectivity index (χ1n) is 9.32. The van der Waals surface area contributed by atoms with Crippen LogP contribution in [0.2, 0.25) is 0 Å². The summed E-state index contributed by atoms with van der Waals surface area (Å²) in [4.78, 5) is 23.1. The number of rotatable bonds is 3. The van der Waals surface area contributed by atoms with Gasteiger partial charge in [0, 0.05) is 18.7 Å². The Hall–Kier alpha value is -3.34. The Kier molecular flexibility index (Phi) is 4.57. The van der Waals surface area contributed by atoms with Crippen LogP contribution in [0.25, 0.3) is 16.9 Å². The fourth-order valence-electron chi connectivity index (χ4n) is 3.78. The number of nitrogen functional groups attached to an aromatic ring is 1. The number of amides is 1. The molecule has 2 aromatic heterocycles. The van der Waals surface area contributed by atoms with Crippen molar-refractivity contribution >= 4 is 38.5 Å². The van der Waals surface area contributed by atoms with Gasteiger partial charge in [-0.1, -0.05) is 6.07 Å². The fraction of sp³-hybridized carbons (Fsp3) is 0.316. The third-order valence-corrected chi connectivity index (χ3v) is 7.04. The summed E-state index contributed by atoms with van der Waals surface area (Å²) in [7, 11) is -3.05. The van der Waals surface area contributed by atoms with Crippen LogP contribution in [-0.2, 0) is 9.84 Å². The molecule has 0 radical (unpaired) electrons. The molecule has 4 rings (SSSR count). The first kappa shape index (κ1) is 20.0. The van der Waals surface area contributed by atoms with Crippen LogP contribution in [0, 0.1) is 13.8 Å². The zero-order valence-electron chi connectivity index (χ0n) is 16.6. The Morgan fingerprint density at radius 1 is 1.20 bits per heavy atom. The maximum absolute atomic E-state index is 12.2. The molecule has 0 unspecified atom stereocenters. The molecule has 3 aromatic rings. The Balaban J connectivity index is 1.94. The quantitative estimate of drug-likeness (QED) is 0.547. The summed E-state index contributed by atoms with van der Waals surface area (Å²) in [5.74, 6) is -0.0921. The predicted octanol–water partition coefficient (Wildman–Crippen LogP) is 0.659. The van der Waals surface area contributed by atoms with Gasteiger partial charge in [0.2, 0.25) is 0 Å². The number of anilines is 2. The molecule has 0 spiro atoms. The topological polar surface area (TPSA) is 157 Å². The highest BCUT2D eigenvalue weighted by Crippen LogP contribution is 2.35. The molecular formula is C19H22N6O4S. The minimum absolute atomic E-state index is 0.0280. The van der Waals surface area contributed by atoms with Crippen LogP contribution in [-0.4, -0.2) is 58.6 Å². The summed E-state index contributed by atoms with van der Waals surface area (Å²) in [6.45, 7) is 4.17. The van der Waals surface area contributed by atoms with E-state index in [0.29, 0.717) is 22.7 Å². The highest BCUT2D eigenvalue weighted by Gasteiger charge is 2.27. The van der Waals surface area contributed by atoms with E-state index in [1.807, 2.05) is 6.92 Å². The molecule has 1 aliphatic heterocycles. The Bertz CT molecular complexity index is 1280. The smallest absolute Gasteiger partial charge is 0.254 e. The van der Waals surface area contributed by atoms with Crippen LogP contribution in [0.4, 0.5) is 11.6 Å². The van der Waals surface area contributed by atoms with E-state index in [9.17, 15) is 18.3 Å². The summed E-state index contributed by atoms with van der Waals surface area (Å²) >= 11 is 0. The van der Waals surface area contributed by atoms with Gasteiger partial charge >= 0.3 is 0 Å². The molecule has 10 nitrogen and oxygen atoms in total. The van der Waals surface area contributed by atoms with Crippen molar-refractivity contribution in [2.24, 2.45) is 5.73 Å².